The average Bonchev–Trinajstić information content (AvgIpc) is 2.51. The zero-order valence-electron chi connectivity index (χ0n) is 13.4. The summed E-state index contributed by atoms with van der Waals surface area (Å²) in [5.74, 6) is 1.68. The molecule has 4 nitrogen and oxygen atoms in total. The normalized spacial score (nSPS) is 21.3. The number of methoxy groups -OCH3 is 1. The molecule has 2 atom stereocenters. The fourth-order valence-corrected chi connectivity index (χ4v) is 3.47. The number of carbonyl (C=O) groups is 1. The molecule has 1 saturated carbocycles. The number of amides is 1. The summed E-state index contributed by atoms with van der Waals surface area (Å²) in [7, 11) is 1.58. The second-order valence-electron chi connectivity index (χ2n) is 5.76. The summed E-state index contributed by atoms with van der Waals surface area (Å²) in [6.45, 7) is 4.66. The van der Waals surface area contributed by atoms with Gasteiger partial charge < -0.3 is 14.8 Å². The van der Waals surface area contributed by atoms with Crippen LogP contribution in [0.25, 0.3) is 0 Å². The van der Waals surface area contributed by atoms with Gasteiger partial charge in [0.2, 0.25) is 0 Å². The summed E-state index contributed by atoms with van der Waals surface area (Å²) >= 11 is 3.46. The van der Waals surface area contributed by atoms with Crippen LogP contribution in [0.4, 0.5) is 0 Å². The number of benzene rings is 1. The van der Waals surface area contributed by atoms with Crippen molar-refractivity contribution >= 4 is 21.8 Å². The van der Waals surface area contributed by atoms with E-state index in [0.717, 1.165) is 10.9 Å². The van der Waals surface area contributed by atoms with Crippen LogP contribution in [0.1, 0.15) is 49.9 Å². The molecule has 22 heavy (non-hydrogen) atoms. The zero-order chi connectivity index (χ0) is 16.1. The molecule has 1 aromatic carbocycles. The molecule has 1 N–H and O–H groups in total. The Kier molecular flexibility index (Phi) is 6.12. The van der Waals surface area contributed by atoms with Crippen LogP contribution in [0, 0.1) is 5.92 Å². The van der Waals surface area contributed by atoms with Crippen LogP contribution in [0.15, 0.2) is 16.6 Å². The van der Waals surface area contributed by atoms with Gasteiger partial charge in [-0.1, -0.05) is 19.8 Å². The fraction of sp³-hybridized carbons (Fsp3) is 0.588. The minimum atomic E-state index is -0.0548. The second-order valence-corrected chi connectivity index (χ2v) is 6.62. The van der Waals surface area contributed by atoms with Gasteiger partial charge in [0, 0.05) is 11.6 Å². The van der Waals surface area contributed by atoms with E-state index in [0.29, 0.717) is 29.6 Å². The molecule has 1 fully saturated rings. The van der Waals surface area contributed by atoms with Crippen molar-refractivity contribution in [3.8, 4) is 11.5 Å². The summed E-state index contributed by atoms with van der Waals surface area (Å²) in [5, 5.41) is 3.16. The Morgan fingerprint density at radius 1 is 1.36 bits per heavy atom. The third-order valence-electron chi connectivity index (χ3n) is 4.21. The molecule has 2 rings (SSSR count). The van der Waals surface area contributed by atoms with Crippen molar-refractivity contribution in [2.75, 3.05) is 13.7 Å². The lowest BCUT2D eigenvalue weighted by molar-refractivity contribution is 0.0910. The highest BCUT2D eigenvalue weighted by Gasteiger charge is 2.24. The highest BCUT2D eigenvalue weighted by atomic mass is 79.9. The molecule has 0 aliphatic heterocycles. The third-order valence-corrected chi connectivity index (χ3v) is 4.80. The fourth-order valence-electron chi connectivity index (χ4n) is 2.92. The molecule has 0 aromatic heterocycles. The number of ether oxygens (including phenoxy) is 2. The molecule has 0 spiro atoms. The molecule has 0 saturated heterocycles. The van der Waals surface area contributed by atoms with Gasteiger partial charge in [0.1, 0.15) is 0 Å². The first-order valence-corrected chi connectivity index (χ1v) is 8.67. The maximum atomic E-state index is 12.5. The van der Waals surface area contributed by atoms with Crippen molar-refractivity contribution in [1.29, 1.82) is 0 Å². The van der Waals surface area contributed by atoms with E-state index in [1.165, 1.54) is 19.3 Å². The van der Waals surface area contributed by atoms with E-state index in [1.54, 1.807) is 19.2 Å². The predicted octanol–water partition coefficient (Wildman–Crippen LogP) is 4.16. The maximum Gasteiger partial charge on any atom is 0.251 e. The van der Waals surface area contributed by atoms with Gasteiger partial charge in [-0.3, -0.25) is 4.79 Å². The van der Waals surface area contributed by atoms with Crippen LogP contribution in [-0.2, 0) is 0 Å². The van der Waals surface area contributed by atoms with Gasteiger partial charge >= 0.3 is 0 Å². The van der Waals surface area contributed by atoms with Crippen LogP contribution in [-0.4, -0.2) is 25.7 Å². The van der Waals surface area contributed by atoms with Gasteiger partial charge in [0.25, 0.3) is 5.91 Å². The van der Waals surface area contributed by atoms with Crippen molar-refractivity contribution in [1.82, 2.24) is 5.32 Å². The molecular formula is C17H24BrNO3. The van der Waals surface area contributed by atoms with Gasteiger partial charge in [-0.15, -0.1) is 0 Å². The SMILES string of the molecule is CCOc1c(Br)cc(C(=O)NC2CCCCC2C)cc1OC. The molecule has 5 heteroatoms. The number of hydrogen-bond donors (Lipinski definition) is 1. The Balaban J connectivity index is 2.17. The van der Waals surface area contributed by atoms with Crippen molar-refractivity contribution in [2.24, 2.45) is 5.92 Å². The molecule has 2 unspecified atom stereocenters. The minimum Gasteiger partial charge on any atom is -0.493 e. The van der Waals surface area contributed by atoms with E-state index in [4.69, 9.17) is 9.47 Å². The lowest BCUT2D eigenvalue weighted by atomic mass is 9.86. The topological polar surface area (TPSA) is 47.6 Å². The van der Waals surface area contributed by atoms with Crippen LogP contribution in [0.5, 0.6) is 11.5 Å². The standard InChI is InChI=1S/C17H24BrNO3/c1-4-22-16-13(18)9-12(10-15(16)21-3)17(20)19-14-8-6-5-7-11(14)2/h9-11,14H,4-8H2,1-3H3,(H,19,20). The maximum absolute atomic E-state index is 12.5. The summed E-state index contributed by atoms with van der Waals surface area (Å²) in [4.78, 5) is 12.5. The van der Waals surface area contributed by atoms with Gasteiger partial charge in [0.05, 0.1) is 18.2 Å². The van der Waals surface area contributed by atoms with E-state index >= 15 is 0 Å². The monoisotopic (exact) mass is 369 g/mol. The lowest BCUT2D eigenvalue weighted by Gasteiger charge is -2.29. The van der Waals surface area contributed by atoms with E-state index in [9.17, 15) is 4.79 Å². The van der Waals surface area contributed by atoms with Crippen LogP contribution in [0.3, 0.4) is 0 Å². The van der Waals surface area contributed by atoms with E-state index < -0.39 is 0 Å². The van der Waals surface area contributed by atoms with E-state index in [1.807, 2.05) is 6.92 Å². The number of halogens is 1. The molecular weight excluding hydrogens is 346 g/mol. The van der Waals surface area contributed by atoms with Gasteiger partial charge in [-0.05, 0) is 53.7 Å². The van der Waals surface area contributed by atoms with Gasteiger partial charge in [-0.25, -0.2) is 0 Å². The first kappa shape index (κ1) is 17.1. The average molecular weight is 370 g/mol. The molecule has 0 heterocycles. The molecule has 1 aliphatic carbocycles. The summed E-state index contributed by atoms with van der Waals surface area (Å²) in [5.41, 5.74) is 0.588. The van der Waals surface area contributed by atoms with E-state index in [2.05, 4.69) is 28.2 Å². The second kappa shape index (κ2) is 7.86. The van der Waals surface area contributed by atoms with Gasteiger partial charge in [0.15, 0.2) is 11.5 Å². The van der Waals surface area contributed by atoms with Crippen LogP contribution in [0.2, 0.25) is 0 Å². The Morgan fingerprint density at radius 2 is 2.09 bits per heavy atom. The largest absolute Gasteiger partial charge is 0.493 e. The van der Waals surface area contributed by atoms with Crippen LogP contribution < -0.4 is 14.8 Å². The quantitative estimate of drug-likeness (QED) is 0.847. The Hall–Kier alpha value is -1.23. The summed E-state index contributed by atoms with van der Waals surface area (Å²) in [6.07, 6.45) is 4.69. The first-order chi connectivity index (χ1) is 10.6. The first-order valence-electron chi connectivity index (χ1n) is 7.88. The summed E-state index contributed by atoms with van der Waals surface area (Å²) < 4.78 is 11.6. The van der Waals surface area contributed by atoms with Crippen molar-refractivity contribution in [3.05, 3.63) is 22.2 Å². The Bertz CT molecular complexity index is 533. The lowest BCUT2D eigenvalue weighted by Crippen LogP contribution is -2.41. The van der Waals surface area contributed by atoms with E-state index in [-0.39, 0.29) is 11.9 Å². The van der Waals surface area contributed by atoms with Crippen molar-refractivity contribution < 1.29 is 14.3 Å². The molecule has 1 aromatic rings. The molecule has 1 aliphatic rings. The smallest absolute Gasteiger partial charge is 0.251 e. The highest BCUT2D eigenvalue weighted by molar-refractivity contribution is 9.10. The third kappa shape index (κ3) is 3.94. The Labute approximate surface area is 140 Å². The van der Waals surface area contributed by atoms with Crippen LogP contribution >= 0.6 is 15.9 Å². The molecule has 122 valence electrons. The number of hydrogen-bond acceptors (Lipinski definition) is 3. The Morgan fingerprint density at radius 3 is 2.73 bits per heavy atom. The zero-order valence-corrected chi connectivity index (χ0v) is 15.0. The van der Waals surface area contributed by atoms with Gasteiger partial charge in [-0.2, -0.15) is 0 Å². The summed E-state index contributed by atoms with van der Waals surface area (Å²) in [6, 6.07) is 3.78. The number of nitrogens with one attached hydrogen (secondary N) is 1. The highest BCUT2D eigenvalue weighted by Crippen LogP contribution is 2.36. The molecule has 0 radical (unpaired) electrons. The molecule has 1 amide bonds. The van der Waals surface area contributed by atoms with Crippen molar-refractivity contribution in [2.45, 2.75) is 45.6 Å². The molecule has 0 bridgehead atoms. The minimum absolute atomic E-state index is 0.0548. The number of carbonyl (C=O) groups excluding carboxylic acids is 1. The predicted molar refractivity (Wildman–Crippen MR) is 90.7 cm³/mol. The van der Waals surface area contributed by atoms with Crippen molar-refractivity contribution in [3.63, 3.8) is 0 Å². The number of rotatable bonds is 5.